The quantitative estimate of drug-likeness (QED) is 0.752. The van der Waals surface area contributed by atoms with Crippen LogP contribution in [0.15, 0.2) is 42.5 Å². The third-order valence-electron chi connectivity index (χ3n) is 5.53. The van der Waals surface area contributed by atoms with E-state index in [4.69, 9.17) is 16.6 Å². The second kappa shape index (κ2) is 8.68. The Balaban J connectivity index is 1.58. The minimum atomic E-state index is -0.00371. The molecule has 1 aromatic heterocycles. The number of nitrogens with one attached hydrogen (secondary N) is 1. The van der Waals surface area contributed by atoms with Crippen LogP contribution in [0.5, 0.6) is 0 Å². The molecule has 1 aliphatic carbocycles. The minimum absolute atomic E-state index is 0.00371. The van der Waals surface area contributed by atoms with E-state index in [0.717, 1.165) is 37.8 Å². The molecular formula is C22H27ClN2O. The number of carbonyl (C=O) groups excluding carboxylic acids is 1. The summed E-state index contributed by atoms with van der Waals surface area (Å²) >= 11 is 5.91. The van der Waals surface area contributed by atoms with Gasteiger partial charge in [0.1, 0.15) is 0 Å². The molecule has 3 rings (SSSR count). The van der Waals surface area contributed by atoms with Crippen LogP contribution in [-0.4, -0.2) is 16.9 Å². The second-order valence-electron chi connectivity index (χ2n) is 7.31. The maximum atomic E-state index is 12.5. The van der Waals surface area contributed by atoms with E-state index in [0.29, 0.717) is 22.4 Å². The molecule has 0 bridgehead atoms. The number of halogens is 1. The Hall–Kier alpha value is -1.87. The fourth-order valence-corrected chi connectivity index (χ4v) is 4.14. The first-order chi connectivity index (χ1) is 12.6. The van der Waals surface area contributed by atoms with Gasteiger partial charge in [0.15, 0.2) is 0 Å². The van der Waals surface area contributed by atoms with E-state index >= 15 is 0 Å². The molecule has 3 nitrogen and oxygen atoms in total. The molecule has 2 aromatic rings. The van der Waals surface area contributed by atoms with E-state index < -0.39 is 0 Å². The summed E-state index contributed by atoms with van der Waals surface area (Å²) in [5.74, 6) is 1.09. The van der Waals surface area contributed by atoms with Crippen molar-refractivity contribution in [3.63, 3.8) is 0 Å². The molecule has 1 heterocycles. The first kappa shape index (κ1) is 18.9. The van der Waals surface area contributed by atoms with Crippen molar-refractivity contribution in [1.29, 1.82) is 0 Å². The fraction of sp³-hybridized carbons (Fsp3) is 0.455. The topological polar surface area (TPSA) is 42.0 Å². The molecule has 1 saturated carbocycles. The van der Waals surface area contributed by atoms with Crippen LogP contribution in [-0.2, 0) is 0 Å². The van der Waals surface area contributed by atoms with E-state index in [2.05, 4.69) is 37.4 Å². The zero-order valence-electron chi connectivity index (χ0n) is 15.5. The Morgan fingerprint density at radius 3 is 2.46 bits per heavy atom. The van der Waals surface area contributed by atoms with Crippen LogP contribution in [0, 0.1) is 12.8 Å². The summed E-state index contributed by atoms with van der Waals surface area (Å²) in [5.41, 5.74) is 2.98. The highest BCUT2D eigenvalue weighted by atomic mass is 35.5. The van der Waals surface area contributed by atoms with Crippen LogP contribution in [0.1, 0.15) is 66.7 Å². The van der Waals surface area contributed by atoms with Crippen molar-refractivity contribution in [2.75, 3.05) is 0 Å². The highest BCUT2D eigenvalue weighted by Gasteiger charge is 2.29. The van der Waals surface area contributed by atoms with Crippen LogP contribution in [0.4, 0.5) is 0 Å². The van der Waals surface area contributed by atoms with Gasteiger partial charge in [0.25, 0.3) is 5.91 Å². The molecule has 0 radical (unpaired) electrons. The van der Waals surface area contributed by atoms with Crippen molar-refractivity contribution < 1.29 is 4.79 Å². The molecule has 0 saturated heterocycles. The van der Waals surface area contributed by atoms with Crippen molar-refractivity contribution in [3.8, 4) is 0 Å². The van der Waals surface area contributed by atoms with Gasteiger partial charge in [0, 0.05) is 33.9 Å². The zero-order chi connectivity index (χ0) is 18.5. The minimum Gasteiger partial charge on any atom is -0.349 e. The number of aryl methyl sites for hydroxylation is 1. The molecule has 1 atom stereocenters. The molecule has 0 spiro atoms. The summed E-state index contributed by atoms with van der Waals surface area (Å²) in [6, 6.07) is 13.6. The first-order valence-corrected chi connectivity index (χ1v) is 9.94. The van der Waals surface area contributed by atoms with Crippen molar-refractivity contribution in [3.05, 3.63) is 64.4 Å². The molecule has 1 aliphatic rings. The monoisotopic (exact) mass is 370 g/mol. The molecule has 0 aliphatic heterocycles. The average Bonchev–Trinajstić information content (AvgIpc) is 2.66. The van der Waals surface area contributed by atoms with Gasteiger partial charge < -0.3 is 5.32 Å². The summed E-state index contributed by atoms with van der Waals surface area (Å²) in [7, 11) is 0. The van der Waals surface area contributed by atoms with E-state index in [9.17, 15) is 4.79 Å². The summed E-state index contributed by atoms with van der Waals surface area (Å²) in [4.78, 5) is 17.2. The Bertz CT molecular complexity index is 736. The van der Waals surface area contributed by atoms with Crippen LogP contribution < -0.4 is 5.32 Å². The highest BCUT2D eigenvalue weighted by molar-refractivity contribution is 6.30. The third-order valence-corrected chi connectivity index (χ3v) is 5.78. The molecule has 26 heavy (non-hydrogen) atoms. The van der Waals surface area contributed by atoms with Crippen LogP contribution in [0.25, 0.3) is 0 Å². The number of rotatable bonds is 5. The molecule has 1 fully saturated rings. The third kappa shape index (κ3) is 4.64. The SMILES string of the molecule is CC[C@@H](NC(=O)c1ccc(Cl)cc1)C1CCC(c2cccc(C)n2)CC1. The Labute approximate surface area is 161 Å². The van der Waals surface area contributed by atoms with Gasteiger partial charge in [-0.3, -0.25) is 9.78 Å². The number of hydrogen-bond acceptors (Lipinski definition) is 2. The molecule has 1 amide bonds. The fourth-order valence-electron chi connectivity index (χ4n) is 4.02. The van der Waals surface area contributed by atoms with Crippen molar-refractivity contribution in [2.24, 2.45) is 5.92 Å². The lowest BCUT2D eigenvalue weighted by atomic mass is 9.76. The summed E-state index contributed by atoms with van der Waals surface area (Å²) < 4.78 is 0. The number of amides is 1. The number of aromatic nitrogens is 1. The number of benzene rings is 1. The van der Waals surface area contributed by atoms with Crippen LogP contribution in [0.2, 0.25) is 5.02 Å². The van der Waals surface area contributed by atoms with Gasteiger partial charge in [0.2, 0.25) is 0 Å². The first-order valence-electron chi connectivity index (χ1n) is 9.56. The average molecular weight is 371 g/mol. The van der Waals surface area contributed by atoms with Gasteiger partial charge in [-0.15, -0.1) is 0 Å². The zero-order valence-corrected chi connectivity index (χ0v) is 16.3. The highest BCUT2D eigenvalue weighted by Crippen LogP contribution is 2.37. The smallest absolute Gasteiger partial charge is 0.251 e. The van der Waals surface area contributed by atoms with Crippen LogP contribution >= 0.6 is 11.6 Å². The van der Waals surface area contributed by atoms with Gasteiger partial charge in [-0.1, -0.05) is 24.6 Å². The predicted octanol–water partition coefficient (Wildman–Crippen LogP) is 5.53. The molecule has 1 N–H and O–H groups in total. The lowest BCUT2D eigenvalue weighted by Crippen LogP contribution is -2.41. The molecular weight excluding hydrogens is 344 g/mol. The Morgan fingerprint density at radius 2 is 1.85 bits per heavy atom. The van der Waals surface area contributed by atoms with E-state index in [-0.39, 0.29) is 11.9 Å². The van der Waals surface area contributed by atoms with Crippen LogP contribution in [0.3, 0.4) is 0 Å². The number of hydrogen-bond donors (Lipinski definition) is 1. The second-order valence-corrected chi connectivity index (χ2v) is 7.75. The molecule has 1 aromatic carbocycles. The summed E-state index contributed by atoms with van der Waals surface area (Å²) in [6.45, 7) is 4.20. The van der Waals surface area contributed by atoms with E-state index in [1.54, 1.807) is 24.3 Å². The van der Waals surface area contributed by atoms with E-state index in [1.165, 1.54) is 5.69 Å². The van der Waals surface area contributed by atoms with Crippen molar-refractivity contribution in [2.45, 2.75) is 57.9 Å². The van der Waals surface area contributed by atoms with Gasteiger partial charge in [0.05, 0.1) is 0 Å². The van der Waals surface area contributed by atoms with Crippen molar-refractivity contribution >= 4 is 17.5 Å². The Kier molecular flexibility index (Phi) is 6.31. The summed E-state index contributed by atoms with van der Waals surface area (Å²) in [6.07, 6.45) is 5.53. The lowest BCUT2D eigenvalue weighted by molar-refractivity contribution is 0.0909. The number of pyridine rings is 1. The maximum Gasteiger partial charge on any atom is 0.251 e. The summed E-state index contributed by atoms with van der Waals surface area (Å²) in [5, 5.41) is 3.89. The van der Waals surface area contributed by atoms with Gasteiger partial charge in [-0.2, -0.15) is 0 Å². The maximum absolute atomic E-state index is 12.5. The van der Waals surface area contributed by atoms with Gasteiger partial charge in [-0.05, 0) is 81.3 Å². The molecule has 138 valence electrons. The molecule has 0 unspecified atom stereocenters. The molecule has 4 heteroatoms. The Morgan fingerprint density at radius 1 is 1.15 bits per heavy atom. The normalized spacial score (nSPS) is 21.2. The standard InChI is InChI=1S/C22H27ClN2O/c1-3-20(25-22(26)18-11-13-19(23)14-12-18)16-7-9-17(10-8-16)21-6-4-5-15(2)24-21/h4-6,11-14,16-17,20H,3,7-10H2,1-2H3,(H,25,26)/t16?,17?,20-/m1/s1. The number of carbonyl (C=O) groups is 1. The van der Waals surface area contributed by atoms with Gasteiger partial charge in [-0.25, -0.2) is 0 Å². The van der Waals surface area contributed by atoms with Gasteiger partial charge >= 0.3 is 0 Å². The lowest BCUT2D eigenvalue weighted by Gasteiger charge is -2.34. The van der Waals surface area contributed by atoms with Crippen molar-refractivity contribution in [1.82, 2.24) is 10.3 Å². The number of nitrogens with zero attached hydrogens (tertiary/aromatic N) is 1. The predicted molar refractivity (Wildman–Crippen MR) is 107 cm³/mol. The van der Waals surface area contributed by atoms with E-state index in [1.807, 2.05) is 0 Å². The largest absolute Gasteiger partial charge is 0.349 e.